The molecular formula is C26H28FN5O3S. The van der Waals surface area contributed by atoms with Gasteiger partial charge in [-0.15, -0.1) is 0 Å². The van der Waals surface area contributed by atoms with Crippen molar-refractivity contribution in [1.29, 1.82) is 0 Å². The van der Waals surface area contributed by atoms with Gasteiger partial charge in [0, 0.05) is 23.8 Å². The van der Waals surface area contributed by atoms with E-state index in [1.807, 2.05) is 13.0 Å². The average Bonchev–Trinajstić information content (AvgIpc) is 3.52. The molecule has 0 radical (unpaired) electrons. The van der Waals surface area contributed by atoms with Gasteiger partial charge in [0.2, 0.25) is 5.96 Å². The molecule has 0 unspecified atom stereocenters. The lowest BCUT2D eigenvalue weighted by molar-refractivity contribution is -0.115. The molecule has 2 aromatic rings. The fraction of sp³-hybridized carbons (Fsp3) is 0.308. The molecule has 1 aromatic heterocycles. The number of rotatable bonds is 7. The Balaban J connectivity index is 1.31. The number of carbonyl (C=O) groups is 2. The smallest absolute Gasteiger partial charge is 0.290 e. The predicted octanol–water partition coefficient (Wildman–Crippen LogP) is 4.90. The summed E-state index contributed by atoms with van der Waals surface area (Å²) in [6.45, 7) is 6.04. The molecule has 10 heteroatoms. The van der Waals surface area contributed by atoms with Crippen LogP contribution in [-0.2, 0) is 11.3 Å². The number of allylic oxidation sites excluding steroid dienone is 2. The molecule has 1 aromatic carbocycles. The summed E-state index contributed by atoms with van der Waals surface area (Å²) in [5.41, 5.74) is 2.35. The predicted molar refractivity (Wildman–Crippen MR) is 140 cm³/mol. The van der Waals surface area contributed by atoms with Crippen molar-refractivity contribution < 1.29 is 18.4 Å². The molecule has 0 atom stereocenters. The van der Waals surface area contributed by atoms with E-state index >= 15 is 0 Å². The number of thioether (sulfide) groups is 1. The van der Waals surface area contributed by atoms with Crippen molar-refractivity contribution >= 4 is 35.6 Å². The van der Waals surface area contributed by atoms with Gasteiger partial charge in [-0.25, -0.2) is 14.4 Å². The van der Waals surface area contributed by atoms with Gasteiger partial charge in [0.05, 0.1) is 17.2 Å². The first-order valence-electron chi connectivity index (χ1n) is 11.7. The van der Waals surface area contributed by atoms with Crippen LogP contribution in [0.5, 0.6) is 0 Å². The second-order valence-corrected chi connectivity index (χ2v) is 9.51. The van der Waals surface area contributed by atoms with Crippen molar-refractivity contribution in [3.8, 4) is 11.3 Å². The zero-order valence-corrected chi connectivity index (χ0v) is 20.7. The highest BCUT2D eigenvalue weighted by Crippen LogP contribution is 2.27. The van der Waals surface area contributed by atoms with Gasteiger partial charge in [0.25, 0.3) is 11.1 Å². The Kier molecular flexibility index (Phi) is 8.50. The first kappa shape index (κ1) is 25.6. The normalized spacial score (nSPS) is 22.1. The zero-order valence-electron chi connectivity index (χ0n) is 19.9. The van der Waals surface area contributed by atoms with Crippen molar-refractivity contribution in [2.75, 3.05) is 0 Å². The Hall–Kier alpha value is -3.50. The van der Waals surface area contributed by atoms with E-state index in [1.54, 1.807) is 30.5 Å². The van der Waals surface area contributed by atoms with Gasteiger partial charge in [0.15, 0.2) is 0 Å². The van der Waals surface area contributed by atoms with Crippen molar-refractivity contribution in [1.82, 2.24) is 16.0 Å². The molecule has 2 aliphatic rings. The van der Waals surface area contributed by atoms with E-state index in [9.17, 15) is 14.0 Å². The van der Waals surface area contributed by atoms with Crippen molar-refractivity contribution in [2.45, 2.75) is 51.2 Å². The summed E-state index contributed by atoms with van der Waals surface area (Å²) >= 11 is 0.855. The summed E-state index contributed by atoms with van der Waals surface area (Å²) in [5.74, 6) is 0.315. The van der Waals surface area contributed by atoms with Gasteiger partial charge >= 0.3 is 0 Å². The Morgan fingerprint density at radius 2 is 2.08 bits per heavy atom. The molecule has 2 heterocycles. The number of benzene rings is 1. The van der Waals surface area contributed by atoms with E-state index in [4.69, 9.17) is 9.41 Å². The summed E-state index contributed by atoms with van der Waals surface area (Å²) in [4.78, 5) is 32.2. The number of imide groups is 1. The maximum atomic E-state index is 13.8. The largest absolute Gasteiger partial charge is 0.464 e. The van der Waals surface area contributed by atoms with Crippen LogP contribution in [0.25, 0.3) is 11.3 Å². The second-order valence-electron chi connectivity index (χ2n) is 8.50. The third-order valence-electron chi connectivity index (χ3n) is 6.09. The molecule has 8 nitrogen and oxygen atoms in total. The Morgan fingerprint density at radius 3 is 2.72 bits per heavy atom. The number of aliphatic imine (C=N–C) groups is 2. The molecule has 3 N–H and O–H groups in total. The zero-order chi connectivity index (χ0) is 25.5. The first-order valence-corrected chi connectivity index (χ1v) is 12.5. The highest BCUT2D eigenvalue weighted by molar-refractivity contribution is 8.18. The molecule has 2 amide bonds. The summed E-state index contributed by atoms with van der Waals surface area (Å²) in [6.07, 6.45) is 8.60. The van der Waals surface area contributed by atoms with Crippen LogP contribution in [0.1, 0.15) is 38.2 Å². The molecule has 188 valence electrons. The van der Waals surface area contributed by atoms with E-state index in [2.05, 4.69) is 27.7 Å². The number of hydrogen-bond acceptors (Lipinski definition) is 6. The third kappa shape index (κ3) is 6.58. The molecular weight excluding hydrogens is 481 g/mol. The minimum Gasteiger partial charge on any atom is -0.464 e. The molecule has 4 rings (SSSR count). The Bertz CT molecular complexity index is 1210. The lowest BCUT2D eigenvalue weighted by Crippen LogP contribution is -2.34. The highest BCUT2D eigenvalue weighted by Gasteiger charge is 2.25. The number of nitrogens with one attached hydrogen (secondary N) is 3. The summed E-state index contributed by atoms with van der Waals surface area (Å²) in [6, 6.07) is 8.81. The number of carbonyl (C=O) groups excluding carboxylic acids is 2. The average molecular weight is 510 g/mol. The van der Waals surface area contributed by atoms with Crippen LogP contribution in [0.4, 0.5) is 9.18 Å². The van der Waals surface area contributed by atoms with E-state index in [1.165, 1.54) is 12.1 Å². The maximum absolute atomic E-state index is 13.8. The lowest BCUT2D eigenvalue weighted by Gasteiger charge is -2.27. The number of halogens is 1. The molecule has 2 fully saturated rings. The topological polar surface area (TPSA) is 108 Å². The van der Waals surface area contributed by atoms with E-state index in [-0.39, 0.29) is 17.1 Å². The molecule has 1 aliphatic carbocycles. The van der Waals surface area contributed by atoms with Gasteiger partial charge in [-0.2, -0.15) is 0 Å². The summed E-state index contributed by atoms with van der Waals surface area (Å²) in [5, 5.41) is 8.52. The van der Waals surface area contributed by atoms with Crippen LogP contribution in [0.3, 0.4) is 0 Å². The van der Waals surface area contributed by atoms with E-state index in [0.29, 0.717) is 34.9 Å². The van der Waals surface area contributed by atoms with Gasteiger partial charge in [-0.1, -0.05) is 12.1 Å². The van der Waals surface area contributed by atoms with Crippen LogP contribution in [0, 0.1) is 5.82 Å². The standard InChI is InChI=1S/C26H28FN5O3S/c1-3-18(14-23-24(33)32-26(34)36-23)30-25(28-2)31-20-10-8-19(9-11-20)29-15-16-6-7-17(27)13-21(16)22-5-4-12-35-22/h3-7,12-14,19-20,29H,2,8-11,15H2,1H3,(H,30,31)(H,32,33,34)/b18-3-,23-14-. The number of furan rings is 1. The van der Waals surface area contributed by atoms with Gasteiger partial charge in [-0.3, -0.25) is 14.9 Å². The maximum Gasteiger partial charge on any atom is 0.290 e. The minimum absolute atomic E-state index is 0.0945. The molecule has 1 saturated carbocycles. The second kappa shape index (κ2) is 12.0. The van der Waals surface area contributed by atoms with Gasteiger partial charge < -0.3 is 15.1 Å². The lowest BCUT2D eigenvalue weighted by atomic mass is 9.91. The van der Waals surface area contributed by atoms with Crippen molar-refractivity contribution in [2.24, 2.45) is 9.98 Å². The van der Waals surface area contributed by atoms with Crippen LogP contribution in [0.2, 0.25) is 0 Å². The number of hydrogen-bond donors (Lipinski definition) is 3. The molecule has 0 bridgehead atoms. The van der Waals surface area contributed by atoms with Crippen molar-refractivity contribution in [3.63, 3.8) is 0 Å². The third-order valence-corrected chi connectivity index (χ3v) is 6.90. The molecule has 0 spiro atoms. The SMILES string of the molecule is C=NC(=NC1CCC(NCc2ccc(F)cc2-c2ccco2)CC1)NC(=C\C)/C=C1\SC(=O)NC1=O. The van der Waals surface area contributed by atoms with Gasteiger partial charge in [0.1, 0.15) is 11.6 Å². The fourth-order valence-electron chi connectivity index (χ4n) is 4.20. The van der Waals surface area contributed by atoms with Crippen molar-refractivity contribution in [3.05, 3.63) is 70.7 Å². The van der Waals surface area contributed by atoms with Gasteiger partial charge in [-0.05, 0) is 87.0 Å². The Labute approximate surface area is 213 Å². The highest BCUT2D eigenvalue weighted by atomic mass is 32.2. The Morgan fingerprint density at radius 1 is 1.28 bits per heavy atom. The van der Waals surface area contributed by atoms with Crippen LogP contribution < -0.4 is 16.0 Å². The summed E-state index contributed by atoms with van der Waals surface area (Å²) < 4.78 is 19.3. The molecule has 36 heavy (non-hydrogen) atoms. The van der Waals surface area contributed by atoms with E-state index < -0.39 is 5.91 Å². The van der Waals surface area contributed by atoms with Crippen LogP contribution in [-0.4, -0.2) is 35.9 Å². The van der Waals surface area contributed by atoms with Crippen LogP contribution in [0.15, 0.2) is 73.8 Å². The number of amides is 2. The van der Waals surface area contributed by atoms with E-state index in [0.717, 1.165) is 48.6 Å². The monoisotopic (exact) mass is 509 g/mol. The first-order chi connectivity index (χ1) is 17.4. The van der Waals surface area contributed by atoms with Crippen LogP contribution >= 0.6 is 11.8 Å². The number of guanidine groups is 1. The molecule has 1 aliphatic heterocycles. The quantitative estimate of drug-likeness (QED) is 0.278. The number of nitrogens with zero attached hydrogens (tertiary/aromatic N) is 2. The minimum atomic E-state index is -0.418. The fourth-order valence-corrected chi connectivity index (χ4v) is 4.87. The summed E-state index contributed by atoms with van der Waals surface area (Å²) in [7, 11) is 0. The molecule has 1 saturated heterocycles.